The topological polar surface area (TPSA) is 69.4 Å². The quantitative estimate of drug-likeness (QED) is 0.218. The van der Waals surface area contributed by atoms with Gasteiger partial charge in [-0.05, 0) is 6.42 Å². The van der Waals surface area contributed by atoms with Gasteiger partial charge >= 0.3 is 11.9 Å². The van der Waals surface area contributed by atoms with Crippen molar-refractivity contribution in [2.45, 2.75) is 90.0 Å². The lowest BCUT2D eigenvalue weighted by atomic mass is 10.1. The maximum Gasteiger partial charge on any atom is 0.331 e. The molecule has 0 fully saturated rings. The average molecular weight is 332 g/mol. The fraction of sp³-hybridized carbons (Fsp3) is 0.882. The van der Waals surface area contributed by atoms with Gasteiger partial charge in [-0.25, -0.2) is 4.79 Å². The number of hydrogen-bond acceptors (Lipinski definition) is 5. The van der Waals surface area contributed by atoms with E-state index in [-0.39, 0.29) is 5.75 Å². The van der Waals surface area contributed by atoms with Crippen molar-refractivity contribution in [3.8, 4) is 0 Å². The molecule has 0 aromatic heterocycles. The van der Waals surface area contributed by atoms with Gasteiger partial charge in [0.05, 0.1) is 0 Å². The first kappa shape index (κ1) is 21.4. The number of esters is 2. The summed E-state index contributed by atoms with van der Waals surface area (Å²) in [7, 11) is 0. The summed E-state index contributed by atoms with van der Waals surface area (Å²) in [4.78, 5) is 22.7. The third kappa shape index (κ3) is 13.1. The van der Waals surface area contributed by atoms with E-state index in [0.29, 0.717) is 6.42 Å². The van der Waals surface area contributed by atoms with Gasteiger partial charge < -0.3 is 10.5 Å². The number of rotatable bonds is 14. The zero-order chi connectivity index (χ0) is 16.6. The van der Waals surface area contributed by atoms with Crippen molar-refractivity contribution in [1.29, 1.82) is 0 Å². The second-order valence-corrected chi connectivity index (χ2v) is 6.23. The number of carbonyl (C=O) groups is 2. The molecule has 2 N–H and O–H groups in total. The van der Waals surface area contributed by atoms with Crippen molar-refractivity contribution in [2.24, 2.45) is 5.73 Å². The molecule has 0 aliphatic heterocycles. The van der Waals surface area contributed by atoms with Gasteiger partial charge in [0, 0.05) is 12.2 Å². The Morgan fingerprint density at radius 1 is 0.909 bits per heavy atom. The summed E-state index contributed by atoms with van der Waals surface area (Å²) in [5, 5.41) is 0. The SMILES string of the molecule is CCCCCCCCCCCCCC(=O)OC(=O)[C@@H](N)CS. The van der Waals surface area contributed by atoms with Gasteiger partial charge in [-0.1, -0.05) is 71.1 Å². The molecule has 0 amide bonds. The Morgan fingerprint density at radius 3 is 1.82 bits per heavy atom. The van der Waals surface area contributed by atoms with Gasteiger partial charge in [-0.15, -0.1) is 0 Å². The third-order valence-corrected chi connectivity index (χ3v) is 4.09. The molecule has 22 heavy (non-hydrogen) atoms. The van der Waals surface area contributed by atoms with Crippen LogP contribution in [-0.2, 0) is 14.3 Å². The predicted octanol–water partition coefficient (Wildman–Crippen LogP) is 4.01. The molecule has 130 valence electrons. The molecule has 1 atom stereocenters. The second kappa shape index (κ2) is 15.3. The van der Waals surface area contributed by atoms with Crippen LogP contribution in [0.1, 0.15) is 84.0 Å². The first-order valence-corrected chi connectivity index (χ1v) is 9.36. The predicted molar refractivity (Wildman–Crippen MR) is 94.0 cm³/mol. The van der Waals surface area contributed by atoms with Crippen molar-refractivity contribution < 1.29 is 14.3 Å². The van der Waals surface area contributed by atoms with Crippen LogP contribution in [-0.4, -0.2) is 23.7 Å². The highest BCUT2D eigenvalue weighted by atomic mass is 32.1. The first-order chi connectivity index (χ1) is 10.6. The van der Waals surface area contributed by atoms with E-state index < -0.39 is 18.0 Å². The molecule has 0 bridgehead atoms. The molecule has 0 saturated heterocycles. The smallest absolute Gasteiger partial charge is 0.331 e. The van der Waals surface area contributed by atoms with E-state index in [9.17, 15) is 9.59 Å². The van der Waals surface area contributed by atoms with E-state index in [1.807, 2.05) is 0 Å². The van der Waals surface area contributed by atoms with E-state index in [2.05, 4.69) is 24.3 Å². The normalized spacial score (nSPS) is 12.1. The molecular formula is C17H33NO3S. The zero-order valence-electron chi connectivity index (χ0n) is 14.0. The molecule has 0 spiro atoms. The van der Waals surface area contributed by atoms with E-state index in [4.69, 9.17) is 5.73 Å². The van der Waals surface area contributed by atoms with Crippen LogP contribution in [0.15, 0.2) is 0 Å². The Hall–Kier alpha value is -0.550. The highest BCUT2D eigenvalue weighted by molar-refractivity contribution is 7.80. The van der Waals surface area contributed by atoms with Crippen LogP contribution in [0.2, 0.25) is 0 Å². The Bertz CT molecular complexity index is 298. The molecule has 0 aromatic rings. The monoisotopic (exact) mass is 331 g/mol. The number of unbranched alkanes of at least 4 members (excludes halogenated alkanes) is 10. The highest BCUT2D eigenvalue weighted by Gasteiger charge is 2.16. The lowest BCUT2D eigenvalue weighted by Gasteiger charge is -2.07. The van der Waals surface area contributed by atoms with Gasteiger partial charge in [-0.2, -0.15) is 12.6 Å². The molecule has 0 radical (unpaired) electrons. The van der Waals surface area contributed by atoms with Crippen LogP contribution in [0, 0.1) is 0 Å². The largest absolute Gasteiger partial charge is 0.392 e. The summed E-state index contributed by atoms with van der Waals surface area (Å²) in [6.45, 7) is 2.24. The molecule has 4 nitrogen and oxygen atoms in total. The summed E-state index contributed by atoms with van der Waals surface area (Å²) >= 11 is 3.89. The summed E-state index contributed by atoms with van der Waals surface area (Å²) < 4.78 is 4.64. The molecule has 0 heterocycles. The molecule has 0 aromatic carbocycles. The van der Waals surface area contributed by atoms with Crippen molar-refractivity contribution >= 4 is 24.6 Å². The Kier molecular flexibility index (Phi) is 15.0. The van der Waals surface area contributed by atoms with Crippen LogP contribution in [0.5, 0.6) is 0 Å². The first-order valence-electron chi connectivity index (χ1n) is 8.72. The molecular weight excluding hydrogens is 298 g/mol. The minimum absolute atomic E-state index is 0.185. The molecule has 5 heteroatoms. The van der Waals surface area contributed by atoms with Crippen molar-refractivity contribution in [1.82, 2.24) is 0 Å². The van der Waals surface area contributed by atoms with Crippen molar-refractivity contribution in [3.05, 3.63) is 0 Å². The lowest BCUT2D eigenvalue weighted by molar-refractivity contribution is -0.160. The maximum atomic E-state index is 11.4. The molecule has 0 aliphatic carbocycles. The number of thiol groups is 1. The zero-order valence-corrected chi connectivity index (χ0v) is 14.9. The van der Waals surface area contributed by atoms with Gasteiger partial charge in [0.25, 0.3) is 0 Å². The van der Waals surface area contributed by atoms with Gasteiger partial charge in [0.15, 0.2) is 0 Å². The van der Waals surface area contributed by atoms with E-state index in [1.165, 1.54) is 51.4 Å². The molecule has 0 saturated carbocycles. The number of nitrogens with two attached hydrogens (primary N) is 1. The second-order valence-electron chi connectivity index (χ2n) is 5.87. The Balaban J connectivity index is 3.32. The lowest BCUT2D eigenvalue weighted by Crippen LogP contribution is -2.35. The molecule has 0 aliphatic rings. The number of carbonyl (C=O) groups excluding carboxylic acids is 2. The van der Waals surface area contributed by atoms with Gasteiger partial charge in [0.1, 0.15) is 6.04 Å². The average Bonchev–Trinajstić information content (AvgIpc) is 2.51. The summed E-state index contributed by atoms with van der Waals surface area (Å²) in [5.74, 6) is -0.967. The van der Waals surface area contributed by atoms with Gasteiger partial charge in [-0.3, -0.25) is 4.79 Å². The standard InChI is InChI=1S/C17H33NO3S/c1-2-3-4-5-6-7-8-9-10-11-12-13-16(19)21-17(20)15(18)14-22/h15,22H,2-14,18H2,1H3/t15-/m0/s1. The Labute approximate surface area is 141 Å². The van der Waals surface area contributed by atoms with Crippen LogP contribution in [0.3, 0.4) is 0 Å². The van der Waals surface area contributed by atoms with E-state index in [0.717, 1.165) is 19.3 Å². The van der Waals surface area contributed by atoms with E-state index in [1.54, 1.807) is 0 Å². The number of ether oxygens (including phenoxy) is 1. The summed E-state index contributed by atoms with van der Waals surface area (Å²) in [6.07, 6.45) is 13.8. The fourth-order valence-electron chi connectivity index (χ4n) is 2.25. The van der Waals surface area contributed by atoms with Crippen LogP contribution < -0.4 is 5.73 Å². The minimum atomic E-state index is -0.815. The molecule has 0 rings (SSSR count). The van der Waals surface area contributed by atoms with Crippen LogP contribution in [0.4, 0.5) is 0 Å². The van der Waals surface area contributed by atoms with Crippen LogP contribution in [0.25, 0.3) is 0 Å². The Morgan fingerprint density at radius 2 is 1.36 bits per heavy atom. The fourth-order valence-corrected chi connectivity index (χ4v) is 2.40. The maximum absolute atomic E-state index is 11.4. The van der Waals surface area contributed by atoms with E-state index >= 15 is 0 Å². The van der Waals surface area contributed by atoms with Crippen LogP contribution >= 0.6 is 12.6 Å². The minimum Gasteiger partial charge on any atom is -0.392 e. The molecule has 0 unspecified atom stereocenters. The third-order valence-electron chi connectivity index (χ3n) is 3.70. The summed E-state index contributed by atoms with van der Waals surface area (Å²) in [5.41, 5.74) is 5.42. The summed E-state index contributed by atoms with van der Waals surface area (Å²) in [6, 6.07) is -0.815. The van der Waals surface area contributed by atoms with Crippen molar-refractivity contribution in [3.63, 3.8) is 0 Å². The van der Waals surface area contributed by atoms with Gasteiger partial charge in [0.2, 0.25) is 0 Å². The van der Waals surface area contributed by atoms with Crippen molar-refractivity contribution in [2.75, 3.05) is 5.75 Å². The highest BCUT2D eigenvalue weighted by Crippen LogP contribution is 2.12. The number of hydrogen-bond donors (Lipinski definition) is 2.